The average molecular weight is 627 g/mol. The summed E-state index contributed by atoms with van der Waals surface area (Å²) in [6.07, 6.45) is 0. The van der Waals surface area contributed by atoms with Gasteiger partial charge in [-0.25, -0.2) is 0 Å². The highest BCUT2D eigenvalue weighted by Gasteiger charge is 2.36. The molecule has 49 heavy (non-hydrogen) atoms. The molecule has 0 spiro atoms. The highest BCUT2D eigenvalue weighted by molar-refractivity contribution is 6.21. The lowest BCUT2D eigenvalue weighted by molar-refractivity contribution is 0.661. The molecule has 10 aromatic rings. The SMILES string of the molecule is CC1(C)c2ccccc2-c2cc3c(cc21)c1ccccc1n3-c1ccc(-c2cc3c4ccccc4c(=O)n4c5ccccc5c(c2)c34)cc1. The Morgan fingerprint density at radius 1 is 0.449 bits per heavy atom. The molecule has 3 aromatic heterocycles. The number of fused-ring (bicyclic) bond motifs is 11. The minimum atomic E-state index is -0.0501. The quantitative estimate of drug-likeness (QED) is 0.175. The van der Waals surface area contributed by atoms with E-state index in [1.807, 2.05) is 28.7 Å². The minimum absolute atomic E-state index is 0.0373. The van der Waals surface area contributed by atoms with Crippen molar-refractivity contribution in [1.29, 1.82) is 0 Å². The van der Waals surface area contributed by atoms with Crippen molar-refractivity contribution in [2.75, 3.05) is 0 Å². The molecule has 0 aliphatic heterocycles. The fourth-order valence-corrected chi connectivity index (χ4v) is 8.95. The largest absolute Gasteiger partial charge is 0.309 e. The van der Waals surface area contributed by atoms with Crippen LogP contribution in [0.5, 0.6) is 0 Å². The summed E-state index contributed by atoms with van der Waals surface area (Å²) in [5.41, 5.74) is 13.2. The Morgan fingerprint density at radius 3 is 1.84 bits per heavy atom. The molecular weight excluding hydrogens is 597 g/mol. The predicted molar refractivity (Wildman–Crippen MR) is 205 cm³/mol. The number of rotatable bonds is 2. The molecule has 0 fully saturated rings. The van der Waals surface area contributed by atoms with Gasteiger partial charge in [0, 0.05) is 43.4 Å². The van der Waals surface area contributed by atoms with E-state index in [2.05, 4.69) is 140 Å². The van der Waals surface area contributed by atoms with E-state index in [9.17, 15) is 4.79 Å². The van der Waals surface area contributed by atoms with Gasteiger partial charge in [0.1, 0.15) is 0 Å². The van der Waals surface area contributed by atoms with Gasteiger partial charge in [0.25, 0.3) is 5.56 Å². The highest BCUT2D eigenvalue weighted by atomic mass is 16.1. The molecule has 0 saturated carbocycles. The molecular formula is C46H30N2O. The van der Waals surface area contributed by atoms with E-state index in [1.165, 1.54) is 44.1 Å². The van der Waals surface area contributed by atoms with E-state index in [4.69, 9.17) is 0 Å². The van der Waals surface area contributed by atoms with Gasteiger partial charge in [0.15, 0.2) is 0 Å². The van der Waals surface area contributed by atoms with E-state index in [1.54, 1.807) is 0 Å². The Hall–Kier alpha value is -6.19. The summed E-state index contributed by atoms with van der Waals surface area (Å²) in [6, 6.07) is 52.3. The van der Waals surface area contributed by atoms with Crippen LogP contribution in [0.3, 0.4) is 0 Å². The minimum Gasteiger partial charge on any atom is -0.309 e. The first-order valence-electron chi connectivity index (χ1n) is 17.0. The molecule has 0 atom stereocenters. The lowest BCUT2D eigenvalue weighted by Crippen LogP contribution is -2.14. The molecule has 1 aliphatic carbocycles. The maximum atomic E-state index is 13.8. The second-order valence-electron chi connectivity index (χ2n) is 14.1. The Kier molecular flexibility index (Phi) is 5.06. The van der Waals surface area contributed by atoms with Crippen LogP contribution in [0.25, 0.3) is 87.7 Å². The van der Waals surface area contributed by atoms with Gasteiger partial charge < -0.3 is 4.57 Å². The molecule has 3 heteroatoms. The van der Waals surface area contributed by atoms with Crippen molar-refractivity contribution in [2.45, 2.75) is 19.3 Å². The van der Waals surface area contributed by atoms with Crippen molar-refractivity contribution in [1.82, 2.24) is 8.97 Å². The number of hydrogen-bond acceptors (Lipinski definition) is 1. The van der Waals surface area contributed by atoms with E-state index in [0.29, 0.717) is 0 Å². The monoisotopic (exact) mass is 626 g/mol. The Labute approximate surface area is 282 Å². The van der Waals surface area contributed by atoms with Crippen molar-refractivity contribution in [3.05, 3.63) is 167 Å². The third-order valence-corrected chi connectivity index (χ3v) is 11.3. The Morgan fingerprint density at radius 2 is 1.06 bits per heavy atom. The van der Waals surface area contributed by atoms with Crippen LogP contribution in [0.4, 0.5) is 0 Å². The van der Waals surface area contributed by atoms with E-state index in [-0.39, 0.29) is 11.0 Å². The molecule has 0 saturated heterocycles. The van der Waals surface area contributed by atoms with Gasteiger partial charge in [-0.3, -0.25) is 9.20 Å². The molecule has 230 valence electrons. The van der Waals surface area contributed by atoms with Gasteiger partial charge in [0.05, 0.1) is 22.1 Å². The van der Waals surface area contributed by atoms with Crippen LogP contribution in [0.2, 0.25) is 0 Å². The van der Waals surface area contributed by atoms with E-state index < -0.39 is 0 Å². The van der Waals surface area contributed by atoms with Crippen molar-refractivity contribution in [2.24, 2.45) is 0 Å². The van der Waals surface area contributed by atoms with Gasteiger partial charge in [-0.1, -0.05) is 105 Å². The maximum absolute atomic E-state index is 13.8. The van der Waals surface area contributed by atoms with Crippen LogP contribution in [0, 0.1) is 0 Å². The number of nitrogens with zero attached hydrogens (tertiary/aromatic N) is 2. The Balaban J connectivity index is 1.14. The first-order valence-corrected chi connectivity index (χ1v) is 17.0. The molecule has 11 rings (SSSR count). The van der Waals surface area contributed by atoms with E-state index >= 15 is 0 Å². The highest BCUT2D eigenvalue weighted by Crippen LogP contribution is 2.51. The average Bonchev–Trinajstić information content (AvgIpc) is 3.73. The van der Waals surface area contributed by atoms with Crippen LogP contribution < -0.4 is 5.56 Å². The first kappa shape index (κ1) is 26.8. The normalized spacial score (nSPS) is 13.8. The van der Waals surface area contributed by atoms with Crippen molar-refractivity contribution >= 4 is 59.8 Å². The molecule has 0 radical (unpaired) electrons. The van der Waals surface area contributed by atoms with Gasteiger partial charge in [0.2, 0.25) is 0 Å². The predicted octanol–water partition coefficient (Wildman–Crippen LogP) is 11.3. The van der Waals surface area contributed by atoms with Crippen molar-refractivity contribution in [3.8, 4) is 27.9 Å². The molecule has 7 aromatic carbocycles. The lowest BCUT2D eigenvalue weighted by atomic mass is 9.82. The topological polar surface area (TPSA) is 26.4 Å². The standard InChI is InChI=1S/C46H30N2O/c1-46(2)39-16-8-5-12-31(39)35-26-43-36(25-40(35)46)32-13-6-9-17-41(32)47(43)29-21-19-27(20-22-29)28-23-37-30-11-3-4-15-34(30)45(49)48-42-18-10-7-14-33(42)38(24-28)44(37)48/h3-26H,1-2H3. The van der Waals surface area contributed by atoms with Crippen LogP contribution in [-0.4, -0.2) is 8.97 Å². The summed E-state index contributed by atoms with van der Waals surface area (Å²) >= 11 is 0. The van der Waals surface area contributed by atoms with Crippen LogP contribution in [-0.2, 0) is 5.41 Å². The van der Waals surface area contributed by atoms with Gasteiger partial charge >= 0.3 is 0 Å². The van der Waals surface area contributed by atoms with Gasteiger partial charge in [-0.15, -0.1) is 0 Å². The fraction of sp³-hybridized carbons (Fsp3) is 0.0652. The summed E-state index contributed by atoms with van der Waals surface area (Å²) in [4.78, 5) is 13.8. The third kappa shape index (κ3) is 3.39. The van der Waals surface area contributed by atoms with Crippen molar-refractivity contribution in [3.63, 3.8) is 0 Å². The van der Waals surface area contributed by atoms with Crippen LogP contribution in [0.1, 0.15) is 25.0 Å². The van der Waals surface area contributed by atoms with Crippen LogP contribution >= 0.6 is 0 Å². The number of para-hydroxylation sites is 2. The first-order chi connectivity index (χ1) is 24.0. The number of benzene rings is 7. The van der Waals surface area contributed by atoms with Gasteiger partial charge in [-0.05, 0) is 93.4 Å². The number of pyridine rings is 1. The van der Waals surface area contributed by atoms with Gasteiger partial charge in [-0.2, -0.15) is 0 Å². The molecule has 0 unspecified atom stereocenters. The van der Waals surface area contributed by atoms with Crippen LogP contribution in [0.15, 0.2) is 150 Å². The summed E-state index contributed by atoms with van der Waals surface area (Å²) in [7, 11) is 0. The molecule has 0 amide bonds. The number of aromatic nitrogens is 2. The van der Waals surface area contributed by atoms with E-state index in [0.717, 1.165) is 54.8 Å². The zero-order valence-corrected chi connectivity index (χ0v) is 27.2. The fourth-order valence-electron chi connectivity index (χ4n) is 8.95. The zero-order chi connectivity index (χ0) is 32.6. The molecule has 3 nitrogen and oxygen atoms in total. The Bertz CT molecular complexity index is 3080. The summed E-state index contributed by atoms with van der Waals surface area (Å²) in [6.45, 7) is 4.70. The second kappa shape index (κ2) is 9.24. The smallest absolute Gasteiger partial charge is 0.263 e. The summed E-state index contributed by atoms with van der Waals surface area (Å²) in [5, 5.41) is 7.60. The molecule has 1 aliphatic rings. The summed E-state index contributed by atoms with van der Waals surface area (Å²) in [5.74, 6) is 0. The second-order valence-corrected chi connectivity index (χ2v) is 14.1. The van der Waals surface area contributed by atoms with Crippen molar-refractivity contribution < 1.29 is 0 Å². The third-order valence-electron chi connectivity index (χ3n) is 11.3. The molecule has 0 N–H and O–H groups in total. The maximum Gasteiger partial charge on any atom is 0.263 e. The lowest BCUT2D eigenvalue weighted by Gasteiger charge is -2.21. The summed E-state index contributed by atoms with van der Waals surface area (Å²) < 4.78 is 4.33. The number of hydrogen-bond donors (Lipinski definition) is 0. The zero-order valence-electron chi connectivity index (χ0n) is 27.2. The molecule has 3 heterocycles. The molecule has 0 bridgehead atoms.